The zero-order valence-electron chi connectivity index (χ0n) is 16.0. The highest BCUT2D eigenvalue weighted by molar-refractivity contribution is 6.05. The minimum Gasteiger partial charge on any atom is -0.395 e. The van der Waals surface area contributed by atoms with Gasteiger partial charge in [0.25, 0.3) is 0 Å². The standard InChI is InChI=1S/C26H22O3/c27-15-25-14-21(20-11-10-17-6-4-5-9-19(17)12-20)23(26(16-29-26)24(25)28)13-22(25)18-7-2-1-3-8-18/h1-12,14,22-23,27H,13,15-16H2/t22?,23?,25?,26-/m0/s1. The zero-order chi connectivity index (χ0) is 19.6. The quantitative estimate of drug-likeness (QED) is 0.685. The summed E-state index contributed by atoms with van der Waals surface area (Å²) >= 11 is 0. The molecule has 3 aromatic carbocycles. The Balaban J connectivity index is 1.54. The zero-order valence-corrected chi connectivity index (χ0v) is 16.0. The van der Waals surface area contributed by atoms with Gasteiger partial charge in [-0.15, -0.1) is 0 Å². The molecule has 0 radical (unpaired) electrons. The number of Topliss-reactive ketones (excluding diaryl/α,β-unsaturated/α-hetero) is 1. The van der Waals surface area contributed by atoms with Crippen molar-refractivity contribution in [2.45, 2.75) is 17.9 Å². The first-order valence-corrected chi connectivity index (χ1v) is 10.2. The molecule has 1 aliphatic heterocycles. The number of benzene rings is 3. The maximum atomic E-state index is 13.6. The molecule has 29 heavy (non-hydrogen) atoms. The van der Waals surface area contributed by atoms with Gasteiger partial charge in [-0.2, -0.15) is 0 Å². The summed E-state index contributed by atoms with van der Waals surface area (Å²) in [7, 11) is 0. The fourth-order valence-corrected chi connectivity index (χ4v) is 5.68. The Bertz CT molecular complexity index is 1160. The summed E-state index contributed by atoms with van der Waals surface area (Å²) in [6.07, 6.45) is 2.88. The van der Waals surface area contributed by atoms with Crippen molar-refractivity contribution in [1.82, 2.24) is 0 Å². The Morgan fingerprint density at radius 3 is 2.38 bits per heavy atom. The number of ketones is 1. The lowest BCUT2D eigenvalue weighted by Gasteiger charge is -2.51. The SMILES string of the molecule is O=C1C2(CO)C=C(c3ccc4ccccc4c3)C(CC2c2ccccc2)[C@@]12CO2. The van der Waals surface area contributed by atoms with Gasteiger partial charge in [-0.1, -0.05) is 72.8 Å². The Kier molecular flexibility index (Phi) is 3.48. The monoisotopic (exact) mass is 382 g/mol. The van der Waals surface area contributed by atoms with Crippen molar-refractivity contribution in [1.29, 1.82) is 0 Å². The van der Waals surface area contributed by atoms with Crippen molar-refractivity contribution in [3.63, 3.8) is 0 Å². The van der Waals surface area contributed by atoms with Crippen molar-refractivity contribution in [2.75, 3.05) is 13.2 Å². The van der Waals surface area contributed by atoms with Crippen molar-refractivity contribution in [3.8, 4) is 0 Å². The van der Waals surface area contributed by atoms with Crippen LogP contribution in [0.3, 0.4) is 0 Å². The predicted octanol–water partition coefficient (Wildman–Crippen LogP) is 4.36. The fraction of sp³-hybridized carbons (Fsp3) is 0.269. The van der Waals surface area contributed by atoms with Gasteiger partial charge in [0.15, 0.2) is 11.4 Å². The Labute approximate surface area is 169 Å². The van der Waals surface area contributed by atoms with Crippen LogP contribution in [0.25, 0.3) is 16.3 Å². The van der Waals surface area contributed by atoms with Crippen LogP contribution < -0.4 is 0 Å². The third-order valence-corrected chi connectivity index (χ3v) is 7.25. The lowest BCUT2D eigenvalue weighted by Crippen LogP contribution is -2.58. The molecule has 1 N–H and O–H groups in total. The lowest BCUT2D eigenvalue weighted by molar-refractivity contribution is -0.141. The summed E-state index contributed by atoms with van der Waals surface area (Å²) in [6, 6.07) is 24.9. The summed E-state index contributed by atoms with van der Waals surface area (Å²) in [5, 5.41) is 12.9. The number of aliphatic hydroxyl groups excluding tert-OH is 1. The van der Waals surface area contributed by atoms with Gasteiger partial charge in [0.2, 0.25) is 0 Å². The van der Waals surface area contributed by atoms with Crippen molar-refractivity contribution >= 4 is 22.1 Å². The van der Waals surface area contributed by atoms with E-state index < -0.39 is 11.0 Å². The summed E-state index contributed by atoms with van der Waals surface area (Å²) in [4.78, 5) is 13.6. The molecule has 3 nitrogen and oxygen atoms in total. The fourth-order valence-electron chi connectivity index (χ4n) is 5.68. The van der Waals surface area contributed by atoms with Crippen LogP contribution in [0.2, 0.25) is 0 Å². The van der Waals surface area contributed by atoms with Crippen LogP contribution in [0.1, 0.15) is 23.5 Å². The number of rotatable bonds is 3. The van der Waals surface area contributed by atoms with Gasteiger partial charge in [-0.25, -0.2) is 0 Å². The normalized spacial score (nSPS) is 32.6. The second-order valence-corrected chi connectivity index (χ2v) is 8.62. The first-order chi connectivity index (χ1) is 14.2. The lowest BCUT2D eigenvalue weighted by atomic mass is 9.50. The van der Waals surface area contributed by atoms with Gasteiger partial charge in [0.1, 0.15) is 0 Å². The predicted molar refractivity (Wildman–Crippen MR) is 112 cm³/mol. The van der Waals surface area contributed by atoms with E-state index in [1.54, 1.807) is 0 Å². The van der Waals surface area contributed by atoms with Gasteiger partial charge < -0.3 is 9.84 Å². The minimum absolute atomic E-state index is 0.0229. The number of aliphatic hydroxyl groups is 1. The topological polar surface area (TPSA) is 49.8 Å². The van der Waals surface area contributed by atoms with Crippen LogP contribution >= 0.6 is 0 Å². The molecule has 1 saturated carbocycles. The van der Waals surface area contributed by atoms with Crippen LogP contribution in [0.15, 0.2) is 78.9 Å². The highest BCUT2D eigenvalue weighted by Crippen LogP contribution is 2.64. The van der Waals surface area contributed by atoms with E-state index in [4.69, 9.17) is 4.74 Å². The van der Waals surface area contributed by atoms with E-state index >= 15 is 0 Å². The van der Waals surface area contributed by atoms with Crippen LogP contribution in [0.4, 0.5) is 0 Å². The first kappa shape index (κ1) is 17.1. The largest absolute Gasteiger partial charge is 0.395 e. The molecule has 7 rings (SSSR count). The smallest absolute Gasteiger partial charge is 0.180 e. The first-order valence-electron chi connectivity index (χ1n) is 10.2. The Morgan fingerprint density at radius 1 is 0.931 bits per heavy atom. The van der Waals surface area contributed by atoms with E-state index in [2.05, 4.69) is 48.5 Å². The molecule has 4 aliphatic rings. The highest BCUT2D eigenvalue weighted by Gasteiger charge is 2.71. The van der Waals surface area contributed by atoms with E-state index in [1.807, 2.05) is 30.3 Å². The van der Waals surface area contributed by atoms with E-state index in [1.165, 1.54) is 10.8 Å². The molecule has 1 heterocycles. The molecule has 3 aromatic rings. The molecular formula is C26H22O3. The summed E-state index contributed by atoms with van der Waals surface area (Å²) in [5.41, 5.74) is 1.72. The van der Waals surface area contributed by atoms with E-state index in [0.717, 1.165) is 23.1 Å². The van der Waals surface area contributed by atoms with Crippen LogP contribution in [0.5, 0.6) is 0 Å². The molecule has 3 heteroatoms. The third-order valence-electron chi connectivity index (χ3n) is 7.25. The van der Waals surface area contributed by atoms with Gasteiger partial charge in [-0.05, 0) is 40.0 Å². The van der Waals surface area contributed by atoms with Gasteiger partial charge in [-0.3, -0.25) is 4.79 Å². The molecule has 1 spiro atoms. The maximum absolute atomic E-state index is 13.6. The molecule has 0 aromatic heterocycles. The summed E-state index contributed by atoms with van der Waals surface area (Å²) in [6.45, 7) is 0.269. The minimum atomic E-state index is -0.923. The molecule has 4 atom stereocenters. The number of carbonyl (C=O) groups excluding carboxylic acids is 1. The van der Waals surface area contributed by atoms with E-state index in [0.29, 0.717) is 6.61 Å². The number of carbonyl (C=O) groups is 1. The second kappa shape index (κ2) is 5.88. The molecule has 2 bridgehead atoms. The van der Waals surface area contributed by atoms with Crippen LogP contribution in [-0.4, -0.2) is 29.7 Å². The van der Waals surface area contributed by atoms with Crippen molar-refractivity contribution in [2.24, 2.45) is 11.3 Å². The van der Waals surface area contributed by atoms with Crippen molar-refractivity contribution in [3.05, 3.63) is 90.0 Å². The molecular weight excluding hydrogens is 360 g/mol. The average molecular weight is 382 g/mol. The van der Waals surface area contributed by atoms with Gasteiger partial charge in [0.05, 0.1) is 18.6 Å². The highest BCUT2D eigenvalue weighted by atomic mass is 16.6. The molecule has 2 fully saturated rings. The Morgan fingerprint density at radius 2 is 1.66 bits per heavy atom. The summed E-state index contributed by atoms with van der Waals surface area (Å²) in [5.74, 6) is 0.0576. The third kappa shape index (κ3) is 2.23. The van der Waals surface area contributed by atoms with Gasteiger partial charge >= 0.3 is 0 Å². The molecule has 1 saturated heterocycles. The molecule has 0 amide bonds. The Hall–Kier alpha value is -2.75. The van der Waals surface area contributed by atoms with Crippen LogP contribution in [-0.2, 0) is 9.53 Å². The number of hydrogen-bond acceptors (Lipinski definition) is 3. The second-order valence-electron chi connectivity index (χ2n) is 8.62. The molecule has 3 unspecified atom stereocenters. The van der Waals surface area contributed by atoms with E-state index in [-0.39, 0.29) is 24.2 Å². The maximum Gasteiger partial charge on any atom is 0.180 e. The van der Waals surface area contributed by atoms with Crippen molar-refractivity contribution < 1.29 is 14.6 Å². The van der Waals surface area contributed by atoms with Crippen LogP contribution in [0, 0.1) is 11.3 Å². The van der Waals surface area contributed by atoms with Gasteiger partial charge in [0, 0.05) is 11.8 Å². The number of epoxide rings is 1. The average Bonchev–Trinajstić information content (AvgIpc) is 3.58. The molecule has 144 valence electrons. The summed E-state index contributed by atoms with van der Waals surface area (Å²) < 4.78 is 5.83. The number of hydrogen-bond donors (Lipinski definition) is 1. The van der Waals surface area contributed by atoms with E-state index in [9.17, 15) is 9.90 Å². The number of fused-ring (bicyclic) bond motifs is 2. The number of ether oxygens (including phenoxy) is 1. The molecule has 3 aliphatic carbocycles.